The van der Waals surface area contributed by atoms with Crippen LogP contribution in [0.25, 0.3) is 11.0 Å². The van der Waals surface area contributed by atoms with Crippen molar-refractivity contribution in [1.29, 1.82) is 5.41 Å². The van der Waals surface area contributed by atoms with E-state index < -0.39 is 11.8 Å². The molecule has 0 radical (unpaired) electrons. The van der Waals surface area contributed by atoms with Gasteiger partial charge in [0, 0.05) is 0 Å². The molecule has 0 amide bonds. The minimum Gasteiger partial charge on any atom is -0.480 e. The van der Waals surface area contributed by atoms with Gasteiger partial charge in [-0.2, -0.15) is 0 Å². The predicted octanol–water partition coefficient (Wildman–Crippen LogP) is 0.235. The molecular formula is C11H11N5O3. The number of nitrogens with zero attached hydrogens (tertiary/aromatic N) is 3. The second-order valence-electron chi connectivity index (χ2n) is 3.76. The highest BCUT2D eigenvalue weighted by atomic mass is 16.4. The number of carboxylic acids is 1. The van der Waals surface area contributed by atoms with Gasteiger partial charge in [-0.25, -0.2) is 4.98 Å². The molecule has 0 saturated heterocycles. The average Bonchev–Trinajstić information content (AvgIpc) is 2.75. The van der Waals surface area contributed by atoms with Gasteiger partial charge in [-0.1, -0.05) is 17.3 Å². The van der Waals surface area contributed by atoms with E-state index in [9.17, 15) is 4.79 Å². The van der Waals surface area contributed by atoms with Gasteiger partial charge in [0.15, 0.2) is 11.7 Å². The fraction of sp³-hybridized carbons (Fsp3) is 0.0909. The van der Waals surface area contributed by atoms with Crippen molar-refractivity contribution in [3.8, 4) is 0 Å². The SMILES string of the molecule is N=C(/C(N)=N\O)c1nc2ccccc2n1CC(=O)O. The first kappa shape index (κ1) is 12.6. The Labute approximate surface area is 107 Å². The van der Waals surface area contributed by atoms with Crippen LogP contribution in [0.4, 0.5) is 0 Å². The van der Waals surface area contributed by atoms with Crippen molar-refractivity contribution in [1.82, 2.24) is 9.55 Å². The minimum atomic E-state index is -1.07. The number of fused-ring (bicyclic) bond motifs is 1. The predicted molar refractivity (Wildman–Crippen MR) is 67.6 cm³/mol. The first-order valence-corrected chi connectivity index (χ1v) is 5.28. The molecule has 5 N–H and O–H groups in total. The van der Waals surface area contributed by atoms with Gasteiger partial charge in [-0.3, -0.25) is 10.2 Å². The lowest BCUT2D eigenvalue weighted by molar-refractivity contribution is -0.137. The van der Waals surface area contributed by atoms with Gasteiger partial charge < -0.3 is 20.6 Å². The van der Waals surface area contributed by atoms with E-state index in [0.717, 1.165) is 0 Å². The maximum Gasteiger partial charge on any atom is 0.323 e. The van der Waals surface area contributed by atoms with E-state index in [1.54, 1.807) is 24.3 Å². The summed E-state index contributed by atoms with van der Waals surface area (Å²) >= 11 is 0. The molecule has 0 aliphatic heterocycles. The molecule has 0 saturated carbocycles. The molecule has 8 heteroatoms. The van der Waals surface area contributed by atoms with Crippen LogP contribution in [0, 0.1) is 5.41 Å². The van der Waals surface area contributed by atoms with Crippen LogP contribution < -0.4 is 5.73 Å². The summed E-state index contributed by atoms with van der Waals surface area (Å²) < 4.78 is 1.33. The van der Waals surface area contributed by atoms with Gasteiger partial charge in [0.2, 0.25) is 0 Å². The normalized spacial score (nSPS) is 11.7. The quantitative estimate of drug-likeness (QED) is 0.270. The highest BCUT2D eigenvalue weighted by molar-refractivity contribution is 6.45. The van der Waals surface area contributed by atoms with Gasteiger partial charge in [0.05, 0.1) is 11.0 Å². The number of nitrogens with two attached hydrogens (primary N) is 1. The summed E-state index contributed by atoms with van der Waals surface area (Å²) in [6.45, 7) is -0.364. The Morgan fingerprint density at radius 2 is 2.16 bits per heavy atom. The molecule has 1 aromatic heterocycles. The third-order valence-electron chi connectivity index (χ3n) is 2.54. The lowest BCUT2D eigenvalue weighted by atomic mass is 10.3. The van der Waals surface area contributed by atoms with Crippen molar-refractivity contribution in [2.75, 3.05) is 0 Å². The van der Waals surface area contributed by atoms with Crippen molar-refractivity contribution >= 4 is 28.6 Å². The number of carboxylic acid groups (broad SMARTS) is 1. The van der Waals surface area contributed by atoms with E-state index in [1.165, 1.54) is 4.57 Å². The second-order valence-corrected chi connectivity index (χ2v) is 3.76. The summed E-state index contributed by atoms with van der Waals surface area (Å²) in [5.74, 6) is -1.46. The maximum absolute atomic E-state index is 10.9. The molecule has 1 aromatic carbocycles. The number of aliphatic carboxylic acids is 1. The topological polar surface area (TPSA) is 138 Å². The van der Waals surface area contributed by atoms with Crippen LogP contribution in [0.1, 0.15) is 5.82 Å². The zero-order chi connectivity index (χ0) is 14.0. The van der Waals surface area contributed by atoms with Crippen LogP contribution in [-0.2, 0) is 11.3 Å². The molecule has 0 bridgehead atoms. The van der Waals surface area contributed by atoms with Crippen LogP contribution in [0.15, 0.2) is 29.4 Å². The van der Waals surface area contributed by atoms with Gasteiger partial charge in [-0.05, 0) is 12.1 Å². The number of rotatable bonds is 4. The van der Waals surface area contributed by atoms with E-state index in [1.807, 2.05) is 0 Å². The highest BCUT2D eigenvalue weighted by Gasteiger charge is 2.19. The number of carbonyl (C=O) groups is 1. The van der Waals surface area contributed by atoms with E-state index in [4.69, 9.17) is 21.5 Å². The van der Waals surface area contributed by atoms with E-state index in [-0.39, 0.29) is 18.1 Å². The maximum atomic E-state index is 10.9. The summed E-state index contributed by atoms with van der Waals surface area (Å²) in [4.78, 5) is 15.0. The largest absolute Gasteiger partial charge is 0.480 e. The fourth-order valence-electron chi connectivity index (χ4n) is 1.73. The third kappa shape index (κ3) is 2.23. The number of hydrogen-bond acceptors (Lipinski definition) is 5. The monoisotopic (exact) mass is 261 g/mol. The molecule has 0 unspecified atom stereocenters. The Morgan fingerprint density at radius 1 is 1.47 bits per heavy atom. The van der Waals surface area contributed by atoms with E-state index >= 15 is 0 Å². The van der Waals surface area contributed by atoms with Gasteiger partial charge in [0.1, 0.15) is 12.3 Å². The fourth-order valence-corrected chi connectivity index (χ4v) is 1.73. The standard InChI is InChI=1S/C11H11N5O3/c12-9(10(13)15-19)11-14-6-3-1-2-4-7(6)16(11)5-8(17)18/h1-4,12,19H,5H2,(H2,13,15)(H,17,18). The molecule has 1 heterocycles. The average molecular weight is 261 g/mol. The van der Waals surface area contributed by atoms with Crippen LogP contribution in [0.2, 0.25) is 0 Å². The molecule has 0 aliphatic rings. The number of imidazole rings is 1. The molecule has 2 rings (SSSR count). The Kier molecular flexibility index (Phi) is 3.15. The Morgan fingerprint density at radius 3 is 2.79 bits per heavy atom. The summed E-state index contributed by atoms with van der Waals surface area (Å²) in [5, 5.41) is 28.0. The number of amidine groups is 1. The Bertz CT molecular complexity index is 689. The zero-order valence-corrected chi connectivity index (χ0v) is 9.74. The molecule has 0 spiro atoms. The van der Waals surface area contributed by atoms with E-state index in [0.29, 0.717) is 11.0 Å². The summed E-state index contributed by atoms with van der Waals surface area (Å²) in [6, 6.07) is 6.86. The zero-order valence-electron chi connectivity index (χ0n) is 9.74. The number of oxime groups is 1. The van der Waals surface area contributed by atoms with Crippen molar-refractivity contribution in [3.05, 3.63) is 30.1 Å². The van der Waals surface area contributed by atoms with Crippen molar-refractivity contribution in [2.45, 2.75) is 6.54 Å². The molecule has 2 aromatic rings. The van der Waals surface area contributed by atoms with Gasteiger partial charge in [-0.15, -0.1) is 0 Å². The van der Waals surface area contributed by atoms with Gasteiger partial charge in [0.25, 0.3) is 0 Å². The van der Waals surface area contributed by atoms with Crippen LogP contribution in [0.5, 0.6) is 0 Å². The van der Waals surface area contributed by atoms with E-state index in [2.05, 4.69) is 10.1 Å². The van der Waals surface area contributed by atoms with Crippen molar-refractivity contribution < 1.29 is 15.1 Å². The number of nitrogens with one attached hydrogen (secondary N) is 1. The molecule has 0 fully saturated rings. The first-order chi connectivity index (χ1) is 9.04. The molecule has 19 heavy (non-hydrogen) atoms. The van der Waals surface area contributed by atoms with Crippen LogP contribution >= 0.6 is 0 Å². The number of aromatic nitrogens is 2. The highest BCUT2D eigenvalue weighted by Crippen LogP contribution is 2.16. The molecule has 0 aliphatic carbocycles. The minimum absolute atomic E-state index is 0.0406. The van der Waals surface area contributed by atoms with Crippen LogP contribution in [0.3, 0.4) is 0 Å². The number of benzene rings is 1. The smallest absolute Gasteiger partial charge is 0.323 e. The number of para-hydroxylation sites is 2. The van der Waals surface area contributed by atoms with Crippen molar-refractivity contribution in [2.24, 2.45) is 10.9 Å². The second kappa shape index (κ2) is 4.77. The van der Waals surface area contributed by atoms with Gasteiger partial charge >= 0.3 is 5.97 Å². The molecular weight excluding hydrogens is 250 g/mol. The lowest BCUT2D eigenvalue weighted by Gasteiger charge is -2.06. The Balaban J connectivity index is 2.65. The summed E-state index contributed by atoms with van der Waals surface area (Å²) in [5.41, 5.74) is 6.11. The number of hydrogen-bond donors (Lipinski definition) is 4. The van der Waals surface area contributed by atoms with Crippen molar-refractivity contribution in [3.63, 3.8) is 0 Å². The summed E-state index contributed by atoms with van der Waals surface area (Å²) in [6.07, 6.45) is 0. The molecule has 0 atom stereocenters. The summed E-state index contributed by atoms with van der Waals surface area (Å²) in [7, 11) is 0. The van der Waals surface area contributed by atoms with Crippen LogP contribution in [-0.4, -0.2) is 37.4 Å². The molecule has 98 valence electrons. The lowest BCUT2D eigenvalue weighted by Crippen LogP contribution is -2.28. The molecule has 8 nitrogen and oxygen atoms in total. The Hall–Kier alpha value is -2.90. The third-order valence-corrected chi connectivity index (χ3v) is 2.54. The first-order valence-electron chi connectivity index (χ1n) is 5.28.